The molecule has 142 valence electrons. The molecule has 0 radical (unpaired) electrons. The summed E-state index contributed by atoms with van der Waals surface area (Å²) in [6.07, 6.45) is 1.72. The summed E-state index contributed by atoms with van der Waals surface area (Å²) in [4.78, 5) is 8.56. The van der Waals surface area contributed by atoms with E-state index in [0.29, 0.717) is 29.3 Å². The fourth-order valence-electron chi connectivity index (χ4n) is 3.38. The Bertz CT molecular complexity index is 1160. The van der Waals surface area contributed by atoms with E-state index in [-0.39, 0.29) is 0 Å². The number of aliphatic imine (C=N–C) groups is 1. The van der Waals surface area contributed by atoms with Gasteiger partial charge < -0.3 is 4.57 Å². The van der Waals surface area contributed by atoms with E-state index in [1.54, 1.807) is 31.5 Å². The molecular weight excluding hydrogens is 360 g/mol. The molecule has 0 N–H and O–H groups in total. The second-order valence-corrected chi connectivity index (χ2v) is 6.36. The summed E-state index contributed by atoms with van der Waals surface area (Å²) in [6.45, 7) is 2.52. The third-order valence-corrected chi connectivity index (χ3v) is 4.61. The lowest BCUT2D eigenvalue weighted by molar-refractivity contribution is 0.359. The monoisotopic (exact) mass is 379 g/mol. The topological polar surface area (TPSA) is 48.0 Å². The number of alkyl halides is 1. The van der Waals surface area contributed by atoms with Crippen LogP contribution in [0, 0.1) is 5.82 Å². The van der Waals surface area contributed by atoms with Crippen LogP contribution >= 0.6 is 0 Å². The molecule has 1 unspecified atom stereocenters. The molecule has 0 aliphatic rings. The van der Waals surface area contributed by atoms with E-state index in [4.69, 9.17) is 0 Å². The number of halogens is 2. The van der Waals surface area contributed by atoms with Crippen molar-refractivity contribution in [1.29, 1.82) is 0 Å². The van der Waals surface area contributed by atoms with Crippen molar-refractivity contribution in [2.45, 2.75) is 19.6 Å². The first kappa shape index (κ1) is 18.0. The number of rotatable bonds is 5. The van der Waals surface area contributed by atoms with E-state index in [0.717, 1.165) is 11.1 Å². The van der Waals surface area contributed by atoms with Crippen molar-refractivity contribution in [1.82, 2.24) is 19.3 Å². The molecule has 4 rings (SSSR count). The highest BCUT2D eigenvalue weighted by Crippen LogP contribution is 2.30. The Hall–Kier alpha value is -3.35. The quantitative estimate of drug-likeness (QED) is 0.480. The summed E-state index contributed by atoms with van der Waals surface area (Å²) >= 11 is 0. The lowest BCUT2D eigenvalue weighted by Crippen LogP contribution is -2.11. The molecule has 4 aromatic rings. The normalized spacial score (nSPS) is 12.9. The zero-order chi connectivity index (χ0) is 19.7. The van der Waals surface area contributed by atoms with Gasteiger partial charge in [0.1, 0.15) is 5.82 Å². The molecule has 2 heterocycles. The van der Waals surface area contributed by atoms with E-state index in [9.17, 15) is 4.39 Å². The number of fused-ring (bicyclic) bond motifs is 1. The SMILES string of the molecule is CCn1c(C(F)c2ccnn2-c2cccc(F)c2)nc2cc(C=NC)ccc21. The Morgan fingerprint density at radius 3 is 2.79 bits per heavy atom. The van der Waals surface area contributed by atoms with Gasteiger partial charge in [-0.05, 0) is 48.9 Å². The van der Waals surface area contributed by atoms with Crippen LogP contribution in [0.1, 0.15) is 30.2 Å². The Morgan fingerprint density at radius 2 is 2.04 bits per heavy atom. The van der Waals surface area contributed by atoms with Crippen molar-refractivity contribution in [2.75, 3.05) is 7.05 Å². The van der Waals surface area contributed by atoms with E-state index in [1.165, 1.54) is 23.0 Å². The summed E-state index contributed by atoms with van der Waals surface area (Å²) in [5.74, 6) is -0.110. The van der Waals surface area contributed by atoms with Crippen molar-refractivity contribution in [3.63, 3.8) is 0 Å². The number of hydrogen-bond donors (Lipinski definition) is 0. The summed E-state index contributed by atoms with van der Waals surface area (Å²) in [5.41, 5.74) is 3.22. The molecular formula is C21H19F2N5. The maximum atomic E-state index is 15.6. The van der Waals surface area contributed by atoms with Gasteiger partial charge >= 0.3 is 0 Å². The van der Waals surface area contributed by atoms with Crippen molar-refractivity contribution in [2.24, 2.45) is 4.99 Å². The van der Waals surface area contributed by atoms with Gasteiger partial charge in [-0.2, -0.15) is 5.10 Å². The molecule has 0 amide bonds. The van der Waals surface area contributed by atoms with Crippen LogP contribution in [-0.4, -0.2) is 32.6 Å². The molecule has 0 fully saturated rings. The first-order valence-electron chi connectivity index (χ1n) is 8.98. The smallest absolute Gasteiger partial charge is 0.199 e. The van der Waals surface area contributed by atoms with Crippen LogP contribution in [-0.2, 0) is 6.54 Å². The van der Waals surface area contributed by atoms with Gasteiger partial charge in [-0.25, -0.2) is 18.4 Å². The Kier molecular flexibility index (Phi) is 4.73. The molecule has 2 aromatic heterocycles. The van der Waals surface area contributed by atoms with Gasteiger partial charge in [0.05, 0.1) is 22.4 Å². The zero-order valence-electron chi connectivity index (χ0n) is 15.5. The Labute approximate surface area is 161 Å². The molecule has 1 atom stereocenters. The highest BCUT2D eigenvalue weighted by atomic mass is 19.1. The van der Waals surface area contributed by atoms with Gasteiger partial charge in [0.15, 0.2) is 12.0 Å². The average Bonchev–Trinajstić information content (AvgIpc) is 3.32. The minimum Gasteiger partial charge on any atom is -0.325 e. The summed E-state index contributed by atoms with van der Waals surface area (Å²) in [7, 11) is 1.70. The van der Waals surface area contributed by atoms with Crippen LogP contribution in [0.15, 0.2) is 59.7 Å². The standard InChI is InChI=1S/C21H19F2N5/c1-3-27-18-8-7-14(13-24-2)11-17(18)26-21(27)20(23)19-9-10-25-28(19)16-6-4-5-15(22)12-16/h4-13,20H,3H2,1-2H3. The highest BCUT2D eigenvalue weighted by Gasteiger charge is 2.25. The van der Waals surface area contributed by atoms with Gasteiger partial charge in [0.2, 0.25) is 0 Å². The number of hydrogen-bond acceptors (Lipinski definition) is 3. The van der Waals surface area contributed by atoms with Gasteiger partial charge in [-0.3, -0.25) is 4.99 Å². The maximum absolute atomic E-state index is 15.6. The second kappa shape index (κ2) is 7.34. The maximum Gasteiger partial charge on any atom is 0.199 e. The first-order chi connectivity index (χ1) is 13.6. The highest BCUT2D eigenvalue weighted by molar-refractivity contribution is 5.87. The predicted molar refractivity (Wildman–Crippen MR) is 105 cm³/mol. The van der Waals surface area contributed by atoms with Crippen molar-refractivity contribution >= 4 is 17.2 Å². The summed E-state index contributed by atoms with van der Waals surface area (Å²) < 4.78 is 32.5. The number of benzene rings is 2. The number of nitrogens with zero attached hydrogens (tertiary/aromatic N) is 5. The van der Waals surface area contributed by atoms with Gasteiger partial charge in [-0.15, -0.1) is 0 Å². The van der Waals surface area contributed by atoms with E-state index >= 15 is 4.39 Å². The number of aromatic nitrogens is 4. The zero-order valence-corrected chi connectivity index (χ0v) is 15.5. The van der Waals surface area contributed by atoms with E-state index in [1.807, 2.05) is 29.7 Å². The Balaban J connectivity index is 1.82. The fourth-order valence-corrected chi connectivity index (χ4v) is 3.38. The fraction of sp³-hybridized carbons (Fsp3) is 0.190. The van der Waals surface area contributed by atoms with Crippen molar-refractivity contribution in [3.05, 3.63) is 77.6 Å². The molecule has 0 spiro atoms. The lowest BCUT2D eigenvalue weighted by atomic mass is 10.2. The largest absolute Gasteiger partial charge is 0.325 e. The third-order valence-electron chi connectivity index (χ3n) is 4.61. The van der Waals surface area contributed by atoms with E-state index < -0.39 is 12.0 Å². The minimum absolute atomic E-state index is 0.293. The minimum atomic E-state index is -1.51. The van der Waals surface area contributed by atoms with Crippen LogP contribution in [0.5, 0.6) is 0 Å². The van der Waals surface area contributed by atoms with Crippen LogP contribution in [0.3, 0.4) is 0 Å². The molecule has 0 saturated heterocycles. The first-order valence-corrected chi connectivity index (χ1v) is 8.98. The van der Waals surface area contributed by atoms with Crippen molar-refractivity contribution < 1.29 is 8.78 Å². The van der Waals surface area contributed by atoms with Crippen LogP contribution < -0.4 is 0 Å². The Morgan fingerprint density at radius 1 is 1.18 bits per heavy atom. The third kappa shape index (κ3) is 3.09. The van der Waals surface area contributed by atoms with E-state index in [2.05, 4.69) is 15.1 Å². The molecule has 0 aliphatic carbocycles. The molecule has 28 heavy (non-hydrogen) atoms. The van der Waals surface area contributed by atoms with Crippen LogP contribution in [0.4, 0.5) is 8.78 Å². The van der Waals surface area contributed by atoms with Gasteiger partial charge in [0, 0.05) is 26.0 Å². The summed E-state index contributed by atoms with van der Waals surface area (Å²) in [5, 5.41) is 4.18. The van der Waals surface area contributed by atoms with Gasteiger partial charge in [-0.1, -0.05) is 12.1 Å². The number of imidazole rings is 1. The number of aryl methyl sites for hydroxylation is 1. The van der Waals surface area contributed by atoms with Gasteiger partial charge in [0.25, 0.3) is 0 Å². The molecule has 0 bridgehead atoms. The van der Waals surface area contributed by atoms with Crippen LogP contribution in [0.25, 0.3) is 16.7 Å². The lowest BCUT2D eigenvalue weighted by Gasteiger charge is -2.13. The molecule has 0 saturated carbocycles. The second-order valence-electron chi connectivity index (χ2n) is 6.36. The molecule has 2 aromatic carbocycles. The van der Waals surface area contributed by atoms with Crippen LogP contribution in [0.2, 0.25) is 0 Å². The molecule has 7 heteroatoms. The molecule has 0 aliphatic heterocycles. The summed E-state index contributed by atoms with van der Waals surface area (Å²) in [6, 6.07) is 13.2. The predicted octanol–water partition coefficient (Wildman–Crippen LogP) is 4.49. The van der Waals surface area contributed by atoms with Crippen molar-refractivity contribution in [3.8, 4) is 5.69 Å². The average molecular weight is 379 g/mol. The molecule has 5 nitrogen and oxygen atoms in total.